The van der Waals surface area contributed by atoms with Crippen LogP contribution in [0.3, 0.4) is 0 Å². The summed E-state index contributed by atoms with van der Waals surface area (Å²) >= 11 is 6.05. The molecule has 2 heterocycles. The van der Waals surface area contributed by atoms with E-state index in [0.29, 0.717) is 17.1 Å². The lowest BCUT2D eigenvalue weighted by Crippen LogP contribution is -2.36. The zero-order valence-electron chi connectivity index (χ0n) is 15.2. The average molecular weight is 379 g/mol. The Morgan fingerprint density at radius 1 is 1.23 bits per heavy atom. The Morgan fingerprint density at radius 3 is 2.73 bits per heavy atom. The van der Waals surface area contributed by atoms with Crippen molar-refractivity contribution in [1.29, 1.82) is 0 Å². The lowest BCUT2D eigenvalue weighted by molar-refractivity contribution is -0.130. The quantitative estimate of drug-likeness (QED) is 0.821. The Hall–Kier alpha value is -1.92. The van der Waals surface area contributed by atoms with Gasteiger partial charge in [-0.25, -0.2) is 4.39 Å². The fourth-order valence-electron chi connectivity index (χ4n) is 3.36. The summed E-state index contributed by atoms with van der Waals surface area (Å²) in [5.41, 5.74) is 2.95. The van der Waals surface area contributed by atoms with E-state index < -0.39 is 0 Å². The highest BCUT2D eigenvalue weighted by Gasteiger charge is 2.21. The van der Waals surface area contributed by atoms with Crippen molar-refractivity contribution in [2.75, 3.05) is 26.2 Å². The van der Waals surface area contributed by atoms with Crippen LogP contribution in [0.5, 0.6) is 0 Å². The van der Waals surface area contributed by atoms with Crippen LogP contribution in [-0.4, -0.2) is 51.7 Å². The maximum absolute atomic E-state index is 13.2. The van der Waals surface area contributed by atoms with E-state index in [1.807, 2.05) is 23.6 Å². The van der Waals surface area contributed by atoms with Gasteiger partial charge in [0, 0.05) is 56.6 Å². The molecule has 1 amide bonds. The predicted molar refractivity (Wildman–Crippen MR) is 99.5 cm³/mol. The molecule has 1 aliphatic heterocycles. The summed E-state index contributed by atoms with van der Waals surface area (Å²) in [4.78, 5) is 16.9. The minimum Gasteiger partial charge on any atom is -0.341 e. The summed E-state index contributed by atoms with van der Waals surface area (Å²) < 4.78 is 15.0. The highest BCUT2D eigenvalue weighted by atomic mass is 35.5. The van der Waals surface area contributed by atoms with Gasteiger partial charge in [-0.2, -0.15) is 5.10 Å². The number of hydrogen-bond donors (Lipinski definition) is 0. The zero-order chi connectivity index (χ0) is 18.7. The highest BCUT2D eigenvalue weighted by molar-refractivity contribution is 6.31. The zero-order valence-corrected chi connectivity index (χ0v) is 16.0. The number of aryl methyl sites for hydroxylation is 2. The first-order valence-electron chi connectivity index (χ1n) is 8.85. The molecule has 0 unspecified atom stereocenters. The number of carbonyl (C=O) groups excluding carboxylic acids is 1. The van der Waals surface area contributed by atoms with Gasteiger partial charge in [0.25, 0.3) is 0 Å². The molecule has 1 fully saturated rings. The van der Waals surface area contributed by atoms with E-state index in [0.717, 1.165) is 38.3 Å². The molecule has 5 nitrogen and oxygen atoms in total. The number of benzene rings is 1. The topological polar surface area (TPSA) is 41.4 Å². The van der Waals surface area contributed by atoms with Crippen LogP contribution in [0.2, 0.25) is 5.02 Å². The summed E-state index contributed by atoms with van der Waals surface area (Å²) in [6.45, 7) is 6.09. The van der Waals surface area contributed by atoms with E-state index in [9.17, 15) is 9.18 Å². The normalized spacial score (nSPS) is 15.9. The molecule has 0 aliphatic carbocycles. The van der Waals surface area contributed by atoms with Crippen molar-refractivity contribution >= 4 is 17.5 Å². The molecule has 1 aliphatic rings. The van der Waals surface area contributed by atoms with E-state index in [2.05, 4.69) is 16.2 Å². The van der Waals surface area contributed by atoms with E-state index in [1.54, 1.807) is 6.07 Å². The molecule has 0 N–H and O–H groups in total. The standard InChI is InChI=1S/C19H24ClFN4O/c1-14-16(12-23(2)22-14)13-24-6-3-7-25(9-8-24)19(26)10-15-4-5-17(21)11-18(15)20/h4-5,11-12H,3,6-10,13H2,1-2H3. The van der Waals surface area contributed by atoms with Gasteiger partial charge in [-0.15, -0.1) is 0 Å². The Labute approximate surface area is 158 Å². The molecule has 1 aromatic carbocycles. The Morgan fingerprint density at radius 2 is 2.04 bits per heavy atom. The number of hydrogen-bond acceptors (Lipinski definition) is 3. The molecule has 0 bridgehead atoms. The van der Waals surface area contributed by atoms with E-state index in [-0.39, 0.29) is 18.1 Å². The lowest BCUT2D eigenvalue weighted by atomic mass is 10.1. The minimum absolute atomic E-state index is 0.0397. The molecule has 0 spiro atoms. The van der Waals surface area contributed by atoms with Crippen LogP contribution >= 0.6 is 11.6 Å². The number of nitrogens with zero attached hydrogens (tertiary/aromatic N) is 4. The molecule has 26 heavy (non-hydrogen) atoms. The van der Waals surface area contributed by atoms with Gasteiger partial charge in [0.15, 0.2) is 0 Å². The highest BCUT2D eigenvalue weighted by Crippen LogP contribution is 2.19. The first-order chi connectivity index (χ1) is 12.4. The number of rotatable bonds is 4. The van der Waals surface area contributed by atoms with Crippen molar-refractivity contribution in [2.24, 2.45) is 7.05 Å². The molecule has 0 radical (unpaired) electrons. The van der Waals surface area contributed by atoms with Gasteiger partial charge in [0.05, 0.1) is 12.1 Å². The Bertz CT molecular complexity index is 792. The second-order valence-electron chi connectivity index (χ2n) is 6.84. The second-order valence-corrected chi connectivity index (χ2v) is 7.24. The SMILES string of the molecule is Cc1nn(C)cc1CN1CCCN(C(=O)Cc2ccc(F)cc2Cl)CC1. The molecule has 7 heteroatoms. The summed E-state index contributed by atoms with van der Waals surface area (Å²) in [6, 6.07) is 4.18. The van der Waals surface area contributed by atoms with Gasteiger partial charge in [-0.1, -0.05) is 17.7 Å². The molecule has 1 saturated heterocycles. The van der Waals surface area contributed by atoms with Gasteiger partial charge in [0.1, 0.15) is 5.82 Å². The van der Waals surface area contributed by atoms with Crippen LogP contribution in [0.4, 0.5) is 4.39 Å². The molecule has 1 aromatic heterocycles. The van der Waals surface area contributed by atoms with Gasteiger partial charge in [0.2, 0.25) is 5.91 Å². The minimum atomic E-state index is -0.387. The van der Waals surface area contributed by atoms with Crippen LogP contribution in [0.1, 0.15) is 23.2 Å². The smallest absolute Gasteiger partial charge is 0.227 e. The predicted octanol–water partition coefficient (Wildman–Crippen LogP) is 2.80. The maximum atomic E-state index is 13.2. The molecule has 0 atom stereocenters. The number of amides is 1. The Kier molecular flexibility index (Phi) is 5.94. The lowest BCUT2D eigenvalue weighted by Gasteiger charge is -2.22. The average Bonchev–Trinajstić information content (AvgIpc) is 2.77. The third-order valence-corrected chi connectivity index (χ3v) is 5.16. The largest absolute Gasteiger partial charge is 0.341 e. The number of halogens is 2. The van der Waals surface area contributed by atoms with Crippen molar-refractivity contribution in [3.63, 3.8) is 0 Å². The van der Waals surface area contributed by atoms with Crippen LogP contribution in [0, 0.1) is 12.7 Å². The number of carbonyl (C=O) groups is 1. The first kappa shape index (κ1) is 18.9. The first-order valence-corrected chi connectivity index (χ1v) is 9.23. The number of aromatic nitrogens is 2. The van der Waals surface area contributed by atoms with E-state index >= 15 is 0 Å². The summed E-state index contributed by atoms with van der Waals surface area (Å²) in [7, 11) is 1.93. The molecule has 140 valence electrons. The van der Waals surface area contributed by atoms with Crippen molar-refractivity contribution in [2.45, 2.75) is 26.3 Å². The monoisotopic (exact) mass is 378 g/mol. The molecular weight excluding hydrogens is 355 g/mol. The van der Waals surface area contributed by atoms with Crippen LogP contribution in [0.25, 0.3) is 0 Å². The van der Waals surface area contributed by atoms with Crippen molar-refractivity contribution in [3.8, 4) is 0 Å². The third-order valence-electron chi connectivity index (χ3n) is 4.81. The fraction of sp³-hybridized carbons (Fsp3) is 0.474. The van der Waals surface area contributed by atoms with Crippen LogP contribution in [-0.2, 0) is 24.8 Å². The van der Waals surface area contributed by atoms with Crippen LogP contribution in [0.15, 0.2) is 24.4 Å². The summed E-state index contributed by atoms with van der Waals surface area (Å²) in [6.07, 6.45) is 3.20. The molecule has 0 saturated carbocycles. The van der Waals surface area contributed by atoms with Gasteiger partial charge in [-0.05, 0) is 31.0 Å². The fourth-order valence-corrected chi connectivity index (χ4v) is 3.60. The van der Waals surface area contributed by atoms with Crippen molar-refractivity contribution < 1.29 is 9.18 Å². The Balaban J connectivity index is 1.57. The third kappa shape index (κ3) is 4.62. The van der Waals surface area contributed by atoms with Crippen molar-refractivity contribution in [3.05, 3.63) is 52.1 Å². The van der Waals surface area contributed by atoms with Gasteiger partial charge >= 0.3 is 0 Å². The molecule has 2 aromatic rings. The summed E-state index contributed by atoms with van der Waals surface area (Å²) in [5.74, 6) is -0.347. The molecular formula is C19H24ClFN4O. The summed E-state index contributed by atoms with van der Waals surface area (Å²) in [5, 5.41) is 4.70. The van der Waals surface area contributed by atoms with Gasteiger partial charge < -0.3 is 4.90 Å². The van der Waals surface area contributed by atoms with E-state index in [1.165, 1.54) is 17.7 Å². The van der Waals surface area contributed by atoms with E-state index in [4.69, 9.17) is 11.6 Å². The van der Waals surface area contributed by atoms with Gasteiger partial charge in [-0.3, -0.25) is 14.4 Å². The van der Waals surface area contributed by atoms with Crippen LogP contribution < -0.4 is 0 Å². The second kappa shape index (κ2) is 8.18. The van der Waals surface area contributed by atoms with Crippen molar-refractivity contribution in [1.82, 2.24) is 19.6 Å². The molecule has 3 rings (SSSR count). The maximum Gasteiger partial charge on any atom is 0.227 e.